The number of hydrogen-bond acceptors (Lipinski definition) is 7. The first-order valence-corrected chi connectivity index (χ1v) is 8.84. The van der Waals surface area contributed by atoms with Gasteiger partial charge in [0.15, 0.2) is 0 Å². The number of aromatic amines is 1. The van der Waals surface area contributed by atoms with Crippen molar-refractivity contribution in [3.63, 3.8) is 0 Å². The molecule has 140 valence electrons. The van der Waals surface area contributed by atoms with Gasteiger partial charge in [-0.2, -0.15) is 9.97 Å². The number of methoxy groups -OCH3 is 1. The van der Waals surface area contributed by atoms with Gasteiger partial charge in [0.2, 0.25) is 17.7 Å². The Balaban J connectivity index is 1.42. The molecule has 1 aliphatic rings. The average molecular weight is 359 g/mol. The number of hydrogen-bond donors (Lipinski definition) is 4. The summed E-state index contributed by atoms with van der Waals surface area (Å²) < 4.78 is 5.11. The van der Waals surface area contributed by atoms with Gasteiger partial charge in [0, 0.05) is 42.9 Å². The van der Waals surface area contributed by atoms with E-state index in [4.69, 9.17) is 10.5 Å². The minimum absolute atomic E-state index is 0.0693. The number of anilines is 2. The standard InChI is InChI=1S/C17H25N7O2/c1-26-15-8-14(23-17(18)24-15)22-12-4-2-11(3-5-12)16(25)20-7-6-13-9-19-10-21-13/h8-12H,2-7H2,1H3,(H,19,21)(H,20,25)(H3,18,22,23,24). The molecule has 0 atom stereocenters. The van der Waals surface area contributed by atoms with Gasteiger partial charge in [-0.15, -0.1) is 0 Å². The second-order valence-electron chi connectivity index (χ2n) is 6.46. The monoisotopic (exact) mass is 359 g/mol. The summed E-state index contributed by atoms with van der Waals surface area (Å²) in [5, 5.41) is 6.38. The van der Waals surface area contributed by atoms with E-state index in [-0.39, 0.29) is 23.8 Å². The molecule has 9 heteroatoms. The van der Waals surface area contributed by atoms with Crippen molar-refractivity contribution in [2.75, 3.05) is 24.7 Å². The molecule has 26 heavy (non-hydrogen) atoms. The van der Waals surface area contributed by atoms with Crippen LogP contribution >= 0.6 is 0 Å². The van der Waals surface area contributed by atoms with E-state index in [1.807, 2.05) is 0 Å². The van der Waals surface area contributed by atoms with E-state index in [2.05, 4.69) is 30.6 Å². The average Bonchev–Trinajstić information content (AvgIpc) is 3.15. The van der Waals surface area contributed by atoms with Crippen molar-refractivity contribution in [3.8, 4) is 5.88 Å². The van der Waals surface area contributed by atoms with Crippen LogP contribution in [0.3, 0.4) is 0 Å². The first kappa shape index (κ1) is 18.0. The molecule has 0 radical (unpaired) electrons. The maximum atomic E-state index is 12.3. The molecule has 3 rings (SSSR count). The largest absolute Gasteiger partial charge is 0.481 e. The van der Waals surface area contributed by atoms with Gasteiger partial charge in [-0.25, -0.2) is 4.98 Å². The van der Waals surface area contributed by atoms with E-state index < -0.39 is 0 Å². The molecule has 2 heterocycles. The molecule has 1 fully saturated rings. The van der Waals surface area contributed by atoms with Gasteiger partial charge in [-0.3, -0.25) is 4.79 Å². The molecule has 5 N–H and O–H groups in total. The summed E-state index contributed by atoms with van der Waals surface area (Å²) >= 11 is 0. The minimum Gasteiger partial charge on any atom is -0.481 e. The number of H-pyrrole nitrogens is 1. The number of carbonyl (C=O) groups excluding carboxylic acids is 1. The Kier molecular flexibility index (Phi) is 5.88. The van der Waals surface area contributed by atoms with E-state index in [9.17, 15) is 4.79 Å². The summed E-state index contributed by atoms with van der Waals surface area (Å²) in [6.45, 7) is 0.624. The summed E-state index contributed by atoms with van der Waals surface area (Å²) in [6.07, 6.45) is 7.70. The lowest BCUT2D eigenvalue weighted by molar-refractivity contribution is -0.125. The van der Waals surface area contributed by atoms with E-state index in [1.54, 1.807) is 25.7 Å². The summed E-state index contributed by atoms with van der Waals surface area (Å²) in [6, 6.07) is 1.99. The maximum Gasteiger partial charge on any atom is 0.225 e. The highest BCUT2D eigenvalue weighted by Crippen LogP contribution is 2.27. The van der Waals surface area contributed by atoms with Crippen LogP contribution < -0.4 is 21.1 Å². The van der Waals surface area contributed by atoms with Gasteiger partial charge in [0.1, 0.15) is 5.82 Å². The fourth-order valence-electron chi connectivity index (χ4n) is 3.22. The number of amides is 1. The molecular formula is C17H25N7O2. The van der Waals surface area contributed by atoms with Crippen LogP contribution in [-0.2, 0) is 11.2 Å². The van der Waals surface area contributed by atoms with Crippen molar-refractivity contribution in [2.45, 2.75) is 38.1 Å². The fourth-order valence-corrected chi connectivity index (χ4v) is 3.22. The Labute approximate surface area is 152 Å². The Morgan fingerprint density at radius 1 is 1.35 bits per heavy atom. The highest BCUT2D eigenvalue weighted by molar-refractivity contribution is 5.78. The molecule has 2 aromatic heterocycles. The van der Waals surface area contributed by atoms with E-state index in [1.165, 1.54) is 0 Å². The zero-order chi connectivity index (χ0) is 18.4. The molecule has 1 aliphatic carbocycles. The molecule has 1 saturated carbocycles. The topological polar surface area (TPSA) is 131 Å². The first-order chi connectivity index (χ1) is 12.6. The van der Waals surface area contributed by atoms with Crippen LogP contribution in [-0.4, -0.2) is 45.5 Å². The normalized spacial score (nSPS) is 19.7. The van der Waals surface area contributed by atoms with Crippen molar-refractivity contribution < 1.29 is 9.53 Å². The Morgan fingerprint density at radius 3 is 2.85 bits per heavy atom. The van der Waals surface area contributed by atoms with Crippen molar-refractivity contribution in [3.05, 3.63) is 24.3 Å². The predicted molar refractivity (Wildman–Crippen MR) is 97.7 cm³/mol. The number of imidazole rings is 1. The summed E-state index contributed by atoms with van der Waals surface area (Å²) in [5.41, 5.74) is 6.71. The molecule has 2 aromatic rings. The third-order valence-corrected chi connectivity index (χ3v) is 4.63. The quantitative estimate of drug-likeness (QED) is 0.582. The van der Waals surface area contributed by atoms with Gasteiger partial charge in [0.05, 0.1) is 13.4 Å². The molecule has 0 spiro atoms. The molecule has 0 aliphatic heterocycles. The Morgan fingerprint density at radius 2 is 2.15 bits per heavy atom. The summed E-state index contributed by atoms with van der Waals surface area (Å²) in [7, 11) is 1.54. The smallest absolute Gasteiger partial charge is 0.225 e. The molecular weight excluding hydrogens is 334 g/mol. The van der Waals surface area contributed by atoms with Gasteiger partial charge in [0.25, 0.3) is 0 Å². The Bertz CT molecular complexity index is 712. The highest BCUT2D eigenvalue weighted by atomic mass is 16.5. The van der Waals surface area contributed by atoms with Gasteiger partial charge < -0.3 is 26.1 Å². The highest BCUT2D eigenvalue weighted by Gasteiger charge is 2.26. The Hall–Kier alpha value is -2.84. The molecule has 9 nitrogen and oxygen atoms in total. The number of ether oxygens (including phenoxy) is 1. The van der Waals surface area contributed by atoms with Crippen LogP contribution in [0.4, 0.5) is 11.8 Å². The lowest BCUT2D eigenvalue weighted by Crippen LogP contribution is -2.36. The van der Waals surface area contributed by atoms with Crippen LogP contribution in [0.5, 0.6) is 5.88 Å². The maximum absolute atomic E-state index is 12.3. The second-order valence-corrected chi connectivity index (χ2v) is 6.46. The molecule has 0 aromatic carbocycles. The van der Waals surface area contributed by atoms with E-state index >= 15 is 0 Å². The lowest BCUT2D eigenvalue weighted by Gasteiger charge is -2.28. The number of rotatable bonds is 7. The number of nitrogens with zero attached hydrogens (tertiary/aromatic N) is 3. The summed E-state index contributed by atoms with van der Waals surface area (Å²) in [4.78, 5) is 27.5. The van der Waals surface area contributed by atoms with Crippen LogP contribution in [0.2, 0.25) is 0 Å². The number of nitrogen functional groups attached to an aromatic ring is 1. The zero-order valence-corrected chi connectivity index (χ0v) is 14.9. The molecule has 0 unspecified atom stereocenters. The fraction of sp³-hybridized carbons (Fsp3) is 0.529. The molecule has 0 saturated heterocycles. The number of aromatic nitrogens is 4. The van der Waals surface area contributed by atoms with Crippen molar-refractivity contribution in [1.29, 1.82) is 0 Å². The number of nitrogens with one attached hydrogen (secondary N) is 3. The first-order valence-electron chi connectivity index (χ1n) is 8.84. The van der Waals surface area contributed by atoms with Crippen molar-refractivity contribution in [2.24, 2.45) is 5.92 Å². The number of carbonyl (C=O) groups is 1. The second kappa shape index (κ2) is 8.50. The van der Waals surface area contributed by atoms with Gasteiger partial charge >= 0.3 is 0 Å². The third kappa shape index (κ3) is 4.84. The van der Waals surface area contributed by atoms with Crippen LogP contribution in [0.25, 0.3) is 0 Å². The van der Waals surface area contributed by atoms with Gasteiger partial charge in [-0.1, -0.05) is 0 Å². The SMILES string of the molecule is COc1cc(NC2CCC(C(=O)NCCc3cnc[nH]3)CC2)nc(N)n1. The lowest BCUT2D eigenvalue weighted by atomic mass is 9.85. The van der Waals surface area contributed by atoms with E-state index in [0.29, 0.717) is 18.2 Å². The van der Waals surface area contributed by atoms with Crippen LogP contribution in [0.15, 0.2) is 18.6 Å². The number of nitrogens with two attached hydrogens (primary N) is 1. The molecule has 1 amide bonds. The summed E-state index contributed by atoms with van der Waals surface area (Å²) in [5.74, 6) is 1.47. The van der Waals surface area contributed by atoms with Crippen molar-refractivity contribution in [1.82, 2.24) is 25.3 Å². The minimum atomic E-state index is 0.0693. The third-order valence-electron chi connectivity index (χ3n) is 4.63. The van der Waals surface area contributed by atoms with Gasteiger partial charge in [-0.05, 0) is 25.7 Å². The zero-order valence-electron chi connectivity index (χ0n) is 14.9. The van der Waals surface area contributed by atoms with Crippen molar-refractivity contribution >= 4 is 17.7 Å². The van der Waals surface area contributed by atoms with E-state index in [0.717, 1.165) is 37.8 Å². The van der Waals surface area contributed by atoms with Crippen LogP contribution in [0, 0.1) is 5.92 Å². The van der Waals surface area contributed by atoms with Crippen LogP contribution in [0.1, 0.15) is 31.4 Å². The predicted octanol–water partition coefficient (Wildman–Crippen LogP) is 1.12. The molecule has 0 bridgehead atoms.